The number of hydrogen-bond acceptors (Lipinski definition) is 5. The summed E-state index contributed by atoms with van der Waals surface area (Å²) in [5, 5.41) is 22.7. The van der Waals surface area contributed by atoms with E-state index in [0.717, 1.165) is 45.1 Å². The Hall–Kier alpha value is -8.54. The molecule has 0 unspecified atom stereocenters. The van der Waals surface area contributed by atoms with Crippen LogP contribution >= 0.6 is 0 Å². The molecule has 304 valence electrons. The summed E-state index contributed by atoms with van der Waals surface area (Å²) < 4.78 is 11.5. The number of nitrogens with zero attached hydrogens (tertiary/aromatic N) is 3. The number of fused-ring (bicyclic) bond motifs is 8. The molecule has 12 aromatic carbocycles. The van der Waals surface area contributed by atoms with Gasteiger partial charge in [-0.2, -0.15) is 0 Å². The monoisotopic (exact) mass is 831 g/mol. The Morgan fingerprint density at radius 2 is 0.754 bits per heavy atom. The Morgan fingerprint density at radius 3 is 1.26 bits per heavy atom. The van der Waals surface area contributed by atoms with E-state index in [1.54, 1.807) is 14.2 Å². The lowest BCUT2D eigenvalue weighted by atomic mass is 9.87. The first kappa shape index (κ1) is 36.0. The summed E-state index contributed by atoms with van der Waals surface area (Å²) in [6.45, 7) is 0. The van der Waals surface area contributed by atoms with E-state index in [4.69, 9.17) is 9.47 Å². The van der Waals surface area contributed by atoms with Gasteiger partial charge in [0.2, 0.25) is 0 Å². The minimum absolute atomic E-state index is 0.826. The van der Waals surface area contributed by atoms with Crippen molar-refractivity contribution < 1.29 is 9.47 Å². The molecule has 0 aliphatic heterocycles. The summed E-state index contributed by atoms with van der Waals surface area (Å²) >= 11 is 0. The molecule has 0 bridgehead atoms. The molecule has 0 N–H and O–H groups in total. The summed E-state index contributed by atoms with van der Waals surface area (Å²) in [7, 11) is 3.47. The quantitative estimate of drug-likeness (QED) is 0.118. The first-order valence-electron chi connectivity index (χ1n) is 22.0. The van der Waals surface area contributed by atoms with Crippen LogP contribution in [0.3, 0.4) is 0 Å². The van der Waals surface area contributed by atoms with Crippen LogP contribution in [0.4, 0.5) is 17.1 Å². The Morgan fingerprint density at radius 1 is 0.338 bits per heavy atom. The zero-order valence-electron chi connectivity index (χ0n) is 35.6. The SMILES string of the molecule is COc1ccc(-c2c3c4cccc5c(N(c6cccnc6)c6cccnc6)ccc(c3c(-c3ccc(OC)cc3)c3c6ccc7c8cccc9cccc(c%10ccc(c23)c6c%107)c98)c54)cc1. The molecule has 0 aliphatic rings. The van der Waals surface area contributed by atoms with Crippen LogP contribution in [0, 0.1) is 0 Å². The topological polar surface area (TPSA) is 47.5 Å². The Bertz CT molecular complexity index is 3950. The number of rotatable bonds is 7. The van der Waals surface area contributed by atoms with Crippen LogP contribution in [-0.2, 0) is 0 Å². The fourth-order valence-electron chi connectivity index (χ4n) is 11.5. The summed E-state index contributed by atoms with van der Waals surface area (Å²) in [6.07, 6.45) is 7.49. The van der Waals surface area contributed by atoms with E-state index >= 15 is 0 Å². The van der Waals surface area contributed by atoms with Gasteiger partial charge in [0.1, 0.15) is 11.5 Å². The molecule has 2 aromatic heterocycles. The molecule has 65 heavy (non-hydrogen) atoms. The number of benzene rings is 10. The molecular weight excluding hydrogens is 795 g/mol. The second-order valence-electron chi connectivity index (χ2n) is 17.1. The number of pyridine rings is 2. The molecule has 0 radical (unpaired) electrons. The van der Waals surface area contributed by atoms with Crippen LogP contribution in [0.25, 0.3) is 119 Å². The van der Waals surface area contributed by atoms with Crippen LogP contribution in [0.15, 0.2) is 189 Å². The predicted octanol–water partition coefficient (Wildman–Crippen LogP) is 16.0. The predicted molar refractivity (Wildman–Crippen MR) is 272 cm³/mol. The highest BCUT2D eigenvalue weighted by Gasteiger charge is 2.30. The maximum atomic E-state index is 5.76. The van der Waals surface area contributed by atoms with E-state index in [-0.39, 0.29) is 0 Å². The fraction of sp³-hybridized carbons (Fsp3) is 0.0333. The normalized spacial score (nSPS) is 12.2. The lowest BCUT2D eigenvalue weighted by Crippen LogP contribution is -2.10. The zero-order chi connectivity index (χ0) is 42.9. The molecule has 5 heteroatoms. The van der Waals surface area contributed by atoms with Gasteiger partial charge in [-0.1, -0.05) is 109 Å². The highest BCUT2D eigenvalue weighted by molar-refractivity contribution is 6.49. The van der Waals surface area contributed by atoms with Crippen LogP contribution < -0.4 is 14.4 Å². The van der Waals surface area contributed by atoms with Crippen molar-refractivity contribution in [1.29, 1.82) is 0 Å². The van der Waals surface area contributed by atoms with E-state index in [1.165, 1.54) is 103 Å². The average Bonchev–Trinajstić information content (AvgIpc) is 3.89. The molecule has 0 amide bonds. The summed E-state index contributed by atoms with van der Waals surface area (Å²) in [6, 6.07) is 60.1. The van der Waals surface area contributed by atoms with Crippen LogP contribution in [-0.4, -0.2) is 24.2 Å². The minimum atomic E-state index is 0.826. The number of ether oxygens (including phenoxy) is 2. The van der Waals surface area contributed by atoms with Gasteiger partial charge in [-0.15, -0.1) is 0 Å². The Labute approximate surface area is 373 Å². The molecule has 14 aromatic rings. The Balaban J connectivity index is 1.22. The minimum Gasteiger partial charge on any atom is -0.497 e. The van der Waals surface area contributed by atoms with E-state index < -0.39 is 0 Å². The van der Waals surface area contributed by atoms with Gasteiger partial charge in [-0.25, -0.2) is 0 Å². The van der Waals surface area contributed by atoms with Gasteiger partial charge in [0.15, 0.2) is 0 Å². The number of hydrogen-bond donors (Lipinski definition) is 0. The first-order valence-corrected chi connectivity index (χ1v) is 22.0. The fourth-order valence-corrected chi connectivity index (χ4v) is 11.5. The van der Waals surface area contributed by atoms with Crippen molar-refractivity contribution in [3.05, 3.63) is 189 Å². The van der Waals surface area contributed by atoms with Gasteiger partial charge in [0.05, 0.1) is 43.7 Å². The summed E-state index contributed by atoms with van der Waals surface area (Å²) in [5.74, 6) is 1.65. The second kappa shape index (κ2) is 13.5. The molecular formula is C60H37N3O2. The largest absolute Gasteiger partial charge is 0.497 e. The van der Waals surface area contributed by atoms with Gasteiger partial charge in [-0.05, 0) is 168 Å². The second-order valence-corrected chi connectivity index (χ2v) is 17.1. The Kier molecular flexibility index (Phi) is 7.47. The van der Waals surface area contributed by atoms with Gasteiger partial charge < -0.3 is 14.4 Å². The van der Waals surface area contributed by atoms with Crippen LogP contribution in [0.2, 0.25) is 0 Å². The third kappa shape index (κ3) is 4.87. The molecule has 5 nitrogen and oxygen atoms in total. The van der Waals surface area contributed by atoms with E-state index in [0.29, 0.717) is 0 Å². The van der Waals surface area contributed by atoms with E-state index in [9.17, 15) is 0 Å². The van der Waals surface area contributed by atoms with Crippen molar-refractivity contribution in [3.63, 3.8) is 0 Å². The molecule has 0 fully saturated rings. The van der Waals surface area contributed by atoms with Crippen molar-refractivity contribution in [2.24, 2.45) is 0 Å². The molecule has 0 saturated heterocycles. The molecule has 0 spiro atoms. The molecule has 0 saturated carbocycles. The maximum Gasteiger partial charge on any atom is 0.118 e. The van der Waals surface area contributed by atoms with E-state index in [2.05, 4.69) is 167 Å². The van der Waals surface area contributed by atoms with Gasteiger partial charge in [-0.3, -0.25) is 9.97 Å². The van der Waals surface area contributed by atoms with Gasteiger partial charge in [0, 0.05) is 17.8 Å². The smallest absolute Gasteiger partial charge is 0.118 e. The van der Waals surface area contributed by atoms with Crippen LogP contribution in [0.1, 0.15) is 0 Å². The van der Waals surface area contributed by atoms with E-state index in [1.807, 2.05) is 36.9 Å². The lowest BCUT2D eigenvalue weighted by molar-refractivity contribution is 0.415. The molecule has 14 rings (SSSR count). The maximum absolute atomic E-state index is 5.76. The number of aromatic nitrogens is 2. The third-order valence-electron chi connectivity index (χ3n) is 14.0. The van der Waals surface area contributed by atoms with Crippen molar-refractivity contribution in [2.45, 2.75) is 0 Å². The van der Waals surface area contributed by atoms with Gasteiger partial charge >= 0.3 is 0 Å². The van der Waals surface area contributed by atoms with Gasteiger partial charge in [0.25, 0.3) is 0 Å². The van der Waals surface area contributed by atoms with Crippen molar-refractivity contribution in [3.8, 4) is 33.8 Å². The third-order valence-corrected chi connectivity index (χ3v) is 14.0. The average molecular weight is 832 g/mol. The number of methoxy groups -OCH3 is 2. The van der Waals surface area contributed by atoms with Crippen molar-refractivity contribution >= 4 is 114 Å². The summed E-state index contributed by atoms with van der Waals surface area (Å²) in [4.78, 5) is 11.4. The molecule has 2 heterocycles. The molecule has 0 atom stereocenters. The summed E-state index contributed by atoms with van der Waals surface area (Å²) in [5.41, 5.74) is 7.72. The van der Waals surface area contributed by atoms with Crippen molar-refractivity contribution in [1.82, 2.24) is 9.97 Å². The highest BCUT2D eigenvalue weighted by Crippen LogP contribution is 2.58. The lowest BCUT2D eigenvalue weighted by Gasteiger charge is -2.26. The van der Waals surface area contributed by atoms with Crippen molar-refractivity contribution in [2.75, 3.05) is 19.1 Å². The first-order chi connectivity index (χ1) is 32.2. The highest BCUT2D eigenvalue weighted by atomic mass is 16.5. The standard InChI is InChI=1S/C60H37N3O2/c1-64-39-20-16-35(17-21-39)52-57-46-15-5-14-45-50(63(37-10-6-30-61-32-37)38-11-7-31-62-33-38)29-28-47(54(45)46)58(57)53(36-18-22-40(65-2)23-19-36)60-49-27-25-44-42-13-4-9-34-8-3-12-41(51(34)42)43-24-26-48(59(52)60)56(49)55(43)44/h3-33H,1-2H3. The number of anilines is 3. The van der Waals surface area contributed by atoms with Crippen LogP contribution in [0.5, 0.6) is 11.5 Å². The molecule has 0 aliphatic carbocycles. The zero-order valence-corrected chi connectivity index (χ0v) is 35.6.